The molecule has 4 rings (SSSR count). The largest absolute Gasteiger partial charge is 0.380 e. The van der Waals surface area contributed by atoms with E-state index < -0.39 is 0 Å². The number of ether oxygens (including phenoxy) is 1. The third kappa shape index (κ3) is 4.11. The van der Waals surface area contributed by atoms with E-state index in [-0.39, 0.29) is 0 Å². The highest BCUT2D eigenvalue weighted by atomic mass is 32.1. The van der Waals surface area contributed by atoms with Crippen LogP contribution in [0.3, 0.4) is 0 Å². The minimum Gasteiger partial charge on any atom is -0.380 e. The molecule has 150 valence electrons. The maximum Gasteiger partial charge on any atom is 0.150 e. The van der Waals surface area contributed by atoms with Gasteiger partial charge < -0.3 is 10.1 Å². The lowest BCUT2D eigenvalue weighted by Gasteiger charge is -2.29. The monoisotopic (exact) mass is 399 g/mol. The van der Waals surface area contributed by atoms with Crippen LogP contribution in [0.4, 0.5) is 0 Å². The highest BCUT2D eigenvalue weighted by Gasteiger charge is 2.23. The van der Waals surface area contributed by atoms with Crippen molar-refractivity contribution in [1.82, 2.24) is 24.1 Å². The minimum atomic E-state index is 0.576. The quantitative estimate of drug-likeness (QED) is 0.469. The summed E-state index contributed by atoms with van der Waals surface area (Å²) in [6.45, 7) is 4.58. The fourth-order valence-corrected chi connectivity index (χ4v) is 4.51. The molecule has 1 aliphatic carbocycles. The van der Waals surface area contributed by atoms with Gasteiger partial charge in [0.05, 0.1) is 12.8 Å². The molecule has 0 aromatic carbocycles. The lowest BCUT2D eigenvalue weighted by atomic mass is 9.82. The second kappa shape index (κ2) is 8.68. The molecule has 3 aromatic rings. The number of nitrogens with zero attached hydrogens (tertiary/aromatic N) is 4. The van der Waals surface area contributed by atoms with Crippen LogP contribution in [0, 0.1) is 0 Å². The SMILES string of the molecule is CCOCCN[C@H]1CC[C@@H](c2cnc3c(c2)c(-c2cnn(C)c2)cn3S)CC1. The van der Waals surface area contributed by atoms with Crippen molar-refractivity contribution in [2.75, 3.05) is 19.8 Å². The standard InChI is InChI=1S/C21H29N5OS/c1-3-27-9-8-22-18-6-4-15(5-7-18)16-10-19-20(17-12-24-25(2)13-17)14-26(28)21(19)23-11-16/h10-15,18,22,28H,3-9H2,1-2H3/t15-,18+. The average molecular weight is 400 g/mol. The van der Waals surface area contributed by atoms with Gasteiger partial charge in [0.1, 0.15) is 5.65 Å². The number of thiol groups is 1. The third-order valence-corrected chi connectivity index (χ3v) is 6.05. The molecule has 0 saturated heterocycles. The zero-order chi connectivity index (χ0) is 19.5. The average Bonchev–Trinajstić information content (AvgIpc) is 3.29. The maximum atomic E-state index is 5.42. The van der Waals surface area contributed by atoms with Crippen LogP contribution in [-0.2, 0) is 11.8 Å². The van der Waals surface area contributed by atoms with E-state index in [4.69, 9.17) is 9.72 Å². The Bertz CT molecular complexity index is 926. The van der Waals surface area contributed by atoms with Crippen LogP contribution >= 0.6 is 12.8 Å². The van der Waals surface area contributed by atoms with Crippen molar-refractivity contribution in [1.29, 1.82) is 0 Å². The molecule has 3 heterocycles. The zero-order valence-electron chi connectivity index (χ0n) is 16.6. The van der Waals surface area contributed by atoms with Crippen molar-refractivity contribution in [2.24, 2.45) is 7.05 Å². The number of nitrogens with one attached hydrogen (secondary N) is 1. The zero-order valence-corrected chi connectivity index (χ0v) is 17.5. The van der Waals surface area contributed by atoms with Gasteiger partial charge in [-0.3, -0.25) is 8.65 Å². The molecule has 0 aliphatic heterocycles. The van der Waals surface area contributed by atoms with Gasteiger partial charge in [0.2, 0.25) is 0 Å². The lowest BCUT2D eigenvalue weighted by Crippen LogP contribution is -2.35. The van der Waals surface area contributed by atoms with E-state index in [9.17, 15) is 0 Å². The van der Waals surface area contributed by atoms with E-state index >= 15 is 0 Å². The lowest BCUT2D eigenvalue weighted by molar-refractivity contribution is 0.144. The Labute approximate surface area is 171 Å². The number of aryl methyl sites for hydroxylation is 1. The second-order valence-corrected chi connectivity index (χ2v) is 8.06. The van der Waals surface area contributed by atoms with Crippen molar-refractivity contribution in [3.8, 4) is 11.1 Å². The normalized spacial score (nSPS) is 20.1. The summed E-state index contributed by atoms with van der Waals surface area (Å²) in [5.74, 6) is 0.576. The Balaban J connectivity index is 1.48. The number of hydrogen-bond donors (Lipinski definition) is 2. The van der Waals surface area contributed by atoms with Gasteiger partial charge in [0, 0.05) is 61.3 Å². The Hall–Kier alpha value is -1.83. The molecule has 1 N–H and O–H groups in total. The molecule has 3 aromatic heterocycles. The van der Waals surface area contributed by atoms with Gasteiger partial charge in [0.25, 0.3) is 0 Å². The fraction of sp³-hybridized carbons (Fsp3) is 0.524. The summed E-state index contributed by atoms with van der Waals surface area (Å²) >= 11 is 4.56. The van der Waals surface area contributed by atoms with Gasteiger partial charge in [0.15, 0.2) is 0 Å². The molecule has 0 bridgehead atoms. The van der Waals surface area contributed by atoms with Crippen molar-refractivity contribution in [3.05, 3.63) is 36.4 Å². The van der Waals surface area contributed by atoms with Gasteiger partial charge in [-0.2, -0.15) is 5.10 Å². The first-order valence-corrected chi connectivity index (χ1v) is 10.6. The first kappa shape index (κ1) is 19.5. The smallest absolute Gasteiger partial charge is 0.150 e. The number of hydrogen-bond acceptors (Lipinski definition) is 5. The van der Waals surface area contributed by atoms with Crippen LogP contribution in [0.2, 0.25) is 0 Å². The summed E-state index contributed by atoms with van der Waals surface area (Å²) in [6, 6.07) is 2.92. The molecular formula is C21H29N5OS. The van der Waals surface area contributed by atoms with Gasteiger partial charge in [-0.1, -0.05) is 12.8 Å². The molecule has 1 saturated carbocycles. The molecule has 0 amide bonds. The van der Waals surface area contributed by atoms with Crippen molar-refractivity contribution < 1.29 is 4.74 Å². The number of pyridine rings is 1. The van der Waals surface area contributed by atoms with E-state index in [1.165, 1.54) is 31.2 Å². The predicted molar refractivity (Wildman–Crippen MR) is 116 cm³/mol. The van der Waals surface area contributed by atoms with Crippen molar-refractivity contribution >= 4 is 23.8 Å². The van der Waals surface area contributed by atoms with Gasteiger partial charge in [-0.25, -0.2) is 4.98 Å². The van der Waals surface area contributed by atoms with Crippen molar-refractivity contribution in [3.63, 3.8) is 0 Å². The van der Waals surface area contributed by atoms with Gasteiger partial charge in [-0.15, -0.1) is 0 Å². The maximum absolute atomic E-state index is 5.42. The molecule has 1 fully saturated rings. The molecule has 28 heavy (non-hydrogen) atoms. The summed E-state index contributed by atoms with van der Waals surface area (Å²) in [7, 11) is 1.94. The molecule has 0 atom stereocenters. The van der Waals surface area contributed by atoms with E-state index in [0.717, 1.165) is 41.9 Å². The van der Waals surface area contributed by atoms with E-state index in [1.54, 1.807) is 3.97 Å². The van der Waals surface area contributed by atoms with E-state index in [0.29, 0.717) is 12.0 Å². The van der Waals surface area contributed by atoms with Crippen LogP contribution in [0.25, 0.3) is 22.2 Å². The van der Waals surface area contributed by atoms with Gasteiger partial charge in [-0.05, 0) is 50.2 Å². The van der Waals surface area contributed by atoms with Crippen LogP contribution in [0.15, 0.2) is 30.9 Å². The van der Waals surface area contributed by atoms with Crippen LogP contribution in [-0.4, -0.2) is 44.5 Å². The Morgan fingerprint density at radius 2 is 2.04 bits per heavy atom. The number of rotatable bonds is 7. The van der Waals surface area contributed by atoms with Crippen molar-refractivity contribution in [2.45, 2.75) is 44.6 Å². The van der Waals surface area contributed by atoms with Crippen LogP contribution in [0.5, 0.6) is 0 Å². The summed E-state index contributed by atoms with van der Waals surface area (Å²) in [4.78, 5) is 4.73. The van der Waals surface area contributed by atoms with E-state index in [1.807, 2.05) is 43.4 Å². The third-order valence-electron chi connectivity index (χ3n) is 5.74. The fourth-order valence-electron chi connectivity index (χ4n) is 4.23. The predicted octanol–water partition coefficient (Wildman–Crippen LogP) is 3.78. The Morgan fingerprint density at radius 3 is 2.75 bits per heavy atom. The molecular weight excluding hydrogens is 370 g/mol. The molecule has 7 heteroatoms. The molecule has 0 spiro atoms. The van der Waals surface area contributed by atoms with Gasteiger partial charge >= 0.3 is 0 Å². The van der Waals surface area contributed by atoms with Crippen LogP contribution < -0.4 is 5.32 Å². The highest BCUT2D eigenvalue weighted by Crippen LogP contribution is 2.36. The number of fused-ring (bicyclic) bond motifs is 1. The first-order valence-electron chi connectivity index (χ1n) is 10.2. The first-order chi connectivity index (χ1) is 13.7. The Morgan fingerprint density at radius 1 is 1.21 bits per heavy atom. The molecule has 0 unspecified atom stereocenters. The Kier molecular flexibility index (Phi) is 6.04. The van der Waals surface area contributed by atoms with Crippen LogP contribution in [0.1, 0.15) is 44.1 Å². The summed E-state index contributed by atoms with van der Waals surface area (Å²) in [6.07, 6.45) is 12.8. The molecule has 0 radical (unpaired) electrons. The van der Waals surface area contributed by atoms with E-state index in [2.05, 4.69) is 29.3 Å². The minimum absolute atomic E-state index is 0.576. The number of aromatic nitrogens is 4. The second-order valence-electron chi connectivity index (χ2n) is 7.63. The summed E-state index contributed by atoms with van der Waals surface area (Å²) in [5, 5.41) is 9.09. The topological polar surface area (TPSA) is 56.9 Å². The molecule has 1 aliphatic rings. The highest BCUT2D eigenvalue weighted by molar-refractivity contribution is 7.78. The summed E-state index contributed by atoms with van der Waals surface area (Å²) < 4.78 is 9.06. The summed E-state index contributed by atoms with van der Waals surface area (Å²) in [5.41, 5.74) is 4.47. The molecule has 6 nitrogen and oxygen atoms in total.